The van der Waals surface area contributed by atoms with E-state index >= 15 is 0 Å². The third kappa shape index (κ3) is 3.99. The molecule has 2 aromatic carbocycles. The number of carbonyl (C=O) groups excluding carboxylic acids is 3. The number of rotatable bonds is 5. The molecule has 0 saturated carbocycles. The van der Waals surface area contributed by atoms with Gasteiger partial charge in [-0.1, -0.05) is 23.7 Å². The van der Waals surface area contributed by atoms with E-state index in [1.54, 1.807) is 18.2 Å². The fourth-order valence-electron chi connectivity index (χ4n) is 2.86. The number of likely N-dealkylation sites (N-methyl/N-ethyl adjacent to an activating group) is 2. The fourth-order valence-corrected chi connectivity index (χ4v) is 3.08. The molecule has 0 radical (unpaired) electrons. The number of urea groups is 1. The minimum Gasteiger partial charge on any atom is -0.493 e. The van der Waals surface area contributed by atoms with Crippen molar-refractivity contribution >= 4 is 35.5 Å². The van der Waals surface area contributed by atoms with E-state index in [-0.39, 0.29) is 28.5 Å². The molecule has 1 fully saturated rings. The third-order valence-corrected chi connectivity index (χ3v) is 4.93. The van der Waals surface area contributed by atoms with Crippen molar-refractivity contribution in [1.82, 2.24) is 9.80 Å². The van der Waals surface area contributed by atoms with E-state index < -0.39 is 23.7 Å². The minimum atomic E-state index is -0.709. The second-order valence-electron chi connectivity index (χ2n) is 6.47. The SMILES string of the molecule is COc1ccc(C=C2C(=O)N(C)C(=O)N(C)C2=O)cc1OCc1c(F)cccc1Cl. The second kappa shape index (κ2) is 8.54. The summed E-state index contributed by atoms with van der Waals surface area (Å²) in [6.45, 7) is -0.153. The molecule has 0 N–H and O–H groups in total. The summed E-state index contributed by atoms with van der Waals surface area (Å²) in [5.74, 6) is -1.29. The normalized spacial score (nSPS) is 14.3. The lowest BCUT2D eigenvalue weighted by atomic mass is 10.1. The summed E-state index contributed by atoms with van der Waals surface area (Å²) in [5.41, 5.74) is 0.468. The van der Waals surface area contributed by atoms with Gasteiger partial charge in [0, 0.05) is 19.7 Å². The van der Waals surface area contributed by atoms with Crippen LogP contribution in [0.5, 0.6) is 11.5 Å². The number of ether oxygens (including phenoxy) is 2. The van der Waals surface area contributed by atoms with Gasteiger partial charge in [-0.15, -0.1) is 0 Å². The zero-order chi connectivity index (χ0) is 22.0. The van der Waals surface area contributed by atoms with E-state index in [4.69, 9.17) is 21.1 Å². The highest BCUT2D eigenvalue weighted by Crippen LogP contribution is 2.31. The first kappa shape index (κ1) is 21.3. The van der Waals surface area contributed by atoms with Crippen LogP contribution in [0.15, 0.2) is 42.0 Å². The smallest absolute Gasteiger partial charge is 0.333 e. The number of hydrogen-bond donors (Lipinski definition) is 0. The van der Waals surface area contributed by atoms with E-state index in [1.165, 1.54) is 45.5 Å². The highest BCUT2D eigenvalue weighted by Gasteiger charge is 2.37. The largest absolute Gasteiger partial charge is 0.493 e. The molecule has 3 rings (SSSR count). The van der Waals surface area contributed by atoms with Gasteiger partial charge in [0.1, 0.15) is 18.0 Å². The van der Waals surface area contributed by atoms with Crippen LogP contribution in [0.2, 0.25) is 5.02 Å². The number of amides is 4. The molecule has 1 saturated heterocycles. The Morgan fingerprint density at radius 1 is 1.03 bits per heavy atom. The molecular weight excluding hydrogens is 415 g/mol. The summed E-state index contributed by atoms with van der Waals surface area (Å²) < 4.78 is 25.0. The van der Waals surface area contributed by atoms with Crippen molar-refractivity contribution in [3.63, 3.8) is 0 Å². The molecule has 0 unspecified atom stereocenters. The van der Waals surface area contributed by atoms with Crippen LogP contribution in [0.1, 0.15) is 11.1 Å². The Morgan fingerprint density at radius 2 is 1.70 bits per heavy atom. The van der Waals surface area contributed by atoms with E-state index in [0.717, 1.165) is 9.80 Å². The number of nitrogens with zero attached hydrogens (tertiary/aromatic N) is 2. The summed E-state index contributed by atoms with van der Waals surface area (Å²) >= 11 is 6.03. The molecule has 0 aromatic heterocycles. The molecule has 0 spiro atoms. The lowest BCUT2D eigenvalue weighted by molar-refractivity contribution is -0.134. The van der Waals surface area contributed by atoms with Gasteiger partial charge in [0.25, 0.3) is 11.8 Å². The average Bonchev–Trinajstić information content (AvgIpc) is 2.73. The van der Waals surface area contributed by atoms with Crippen molar-refractivity contribution in [3.05, 3.63) is 63.9 Å². The Hall–Kier alpha value is -3.39. The highest BCUT2D eigenvalue weighted by atomic mass is 35.5. The summed E-state index contributed by atoms with van der Waals surface area (Å²) in [6, 6.07) is 8.35. The molecule has 4 amide bonds. The molecular formula is C21H18ClFN2O5. The van der Waals surface area contributed by atoms with Gasteiger partial charge in [-0.25, -0.2) is 9.18 Å². The number of imide groups is 2. The standard InChI is InChI=1S/C21H18ClFN2O5/c1-24-19(26)13(20(27)25(2)21(24)28)9-12-7-8-17(29-3)18(10-12)30-11-14-15(22)5-4-6-16(14)23/h4-10H,11H2,1-3H3. The monoisotopic (exact) mass is 432 g/mol. The summed E-state index contributed by atoms with van der Waals surface area (Å²) in [4.78, 5) is 38.3. The van der Waals surface area contributed by atoms with Gasteiger partial charge in [-0.2, -0.15) is 0 Å². The van der Waals surface area contributed by atoms with Gasteiger partial charge >= 0.3 is 6.03 Å². The Kier molecular flexibility index (Phi) is 6.07. The summed E-state index contributed by atoms with van der Waals surface area (Å²) in [5, 5.41) is 0.224. The highest BCUT2D eigenvalue weighted by molar-refractivity contribution is 6.31. The first-order valence-electron chi connectivity index (χ1n) is 8.80. The van der Waals surface area contributed by atoms with E-state index in [9.17, 15) is 18.8 Å². The van der Waals surface area contributed by atoms with E-state index in [0.29, 0.717) is 11.3 Å². The predicted octanol–water partition coefficient (Wildman–Crippen LogP) is 3.50. The van der Waals surface area contributed by atoms with Crippen molar-refractivity contribution in [3.8, 4) is 11.5 Å². The van der Waals surface area contributed by atoms with Gasteiger partial charge < -0.3 is 9.47 Å². The number of carbonyl (C=O) groups is 3. The van der Waals surface area contributed by atoms with Crippen molar-refractivity contribution in [2.75, 3.05) is 21.2 Å². The van der Waals surface area contributed by atoms with Crippen LogP contribution in [0.3, 0.4) is 0 Å². The van der Waals surface area contributed by atoms with Gasteiger partial charge in [-0.05, 0) is 35.9 Å². The predicted molar refractivity (Wildman–Crippen MR) is 108 cm³/mol. The van der Waals surface area contributed by atoms with Gasteiger partial charge in [0.2, 0.25) is 0 Å². The number of hydrogen-bond acceptors (Lipinski definition) is 5. The first-order chi connectivity index (χ1) is 14.2. The number of benzene rings is 2. The van der Waals surface area contributed by atoms with Crippen LogP contribution in [-0.2, 0) is 16.2 Å². The Balaban J connectivity index is 1.92. The minimum absolute atomic E-state index is 0.153. The van der Waals surface area contributed by atoms with Crippen LogP contribution < -0.4 is 9.47 Å². The van der Waals surface area contributed by atoms with Gasteiger partial charge in [0.05, 0.1) is 12.1 Å². The molecule has 2 aromatic rings. The average molecular weight is 433 g/mol. The summed E-state index contributed by atoms with van der Waals surface area (Å²) in [6.07, 6.45) is 1.35. The van der Waals surface area contributed by atoms with Gasteiger partial charge in [-0.3, -0.25) is 19.4 Å². The molecule has 0 bridgehead atoms. The first-order valence-corrected chi connectivity index (χ1v) is 9.18. The molecule has 0 aliphatic carbocycles. The van der Waals surface area contributed by atoms with E-state index in [2.05, 4.69) is 0 Å². The molecule has 156 valence electrons. The fraction of sp³-hybridized carbons (Fsp3) is 0.190. The van der Waals surface area contributed by atoms with Crippen molar-refractivity contribution in [2.24, 2.45) is 0 Å². The van der Waals surface area contributed by atoms with Crippen LogP contribution in [0.25, 0.3) is 6.08 Å². The van der Waals surface area contributed by atoms with E-state index in [1.807, 2.05) is 0 Å². The molecule has 9 heteroatoms. The number of barbiturate groups is 1. The lowest BCUT2D eigenvalue weighted by Crippen LogP contribution is -2.52. The molecule has 1 aliphatic rings. The molecule has 1 aliphatic heterocycles. The number of methoxy groups -OCH3 is 1. The van der Waals surface area contributed by atoms with Crippen LogP contribution in [-0.4, -0.2) is 48.9 Å². The van der Waals surface area contributed by atoms with Gasteiger partial charge in [0.15, 0.2) is 11.5 Å². The zero-order valence-electron chi connectivity index (χ0n) is 16.4. The second-order valence-corrected chi connectivity index (χ2v) is 6.88. The molecule has 30 heavy (non-hydrogen) atoms. The summed E-state index contributed by atoms with van der Waals surface area (Å²) in [7, 11) is 4.03. The topological polar surface area (TPSA) is 76.2 Å². The Bertz CT molecular complexity index is 1020. The van der Waals surface area contributed by atoms with Crippen molar-refractivity contribution in [1.29, 1.82) is 0 Å². The Morgan fingerprint density at radius 3 is 2.30 bits per heavy atom. The van der Waals surface area contributed by atoms with Crippen LogP contribution in [0.4, 0.5) is 9.18 Å². The lowest BCUT2D eigenvalue weighted by Gasteiger charge is -2.28. The maximum Gasteiger partial charge on any atom is 0.333 e. The van der Waals surface area contributed by atoms with Crippen LogP contribution >= 0.6 is 11.6 Å². The molecule has 1 heterocycles. The van der Waals surface area contributed by atoms with Crippen molar-refractivity contribution in [2.45, 2.75) is 6.61 Å². The zero-order valence-corrected chi connectivity index (χ0v) is 17.2. The quantitative estimate of drug-likeness (QED) is 0.534. The van der Waals surface area contributed by atoms with Crippen LogP contribution in [0, 0.1) is 5.82 Å². The molecule has 0 atom stereocenters. The third-order valence-electron chi connectivity index (χ3n) is 4.58. The maximum atomic E-state index is 14.0. The van der Waals surface area contributed by atoms with Crippen molar-refractivity contribution < 1.29 is 28.2 Å². The Labute approximate surface area is 177 Å². The molecule has 7 nitrogen and oxygen atoms in total. The maximum absolute atomic E-state index is 14.0. The number of halogens is 2.